The van der Waals surface area contributed by atoms with Gasteiger partial charge in [-0.05, 0) is 5.92 Å². The van der Waals surface area contributed by atoms with Gasteiger partial charge in [-0.2, -0.15) is 0 Å². The Kier molecular flexibility index (Phi) is 3.19. The minimum atomic E-state index is -0.0519. The number of carbonyl (C=O) groups is 1. The van der Waals surface area contributed by atoms with Gasteiger partial charge >= 0.3 is 0 Å². The number of Topliss-reactive ketones (excluding diaryl/α,β-unsaturated/α-hetero) is 1. The molecule has 80 valence electrons. The summed E-state index contributed by atoms with van der Waals surface area (Å²) in [5.74, 6) is 0.952. The molecule has 1 aliphatic carbocycles. The second-order valence-corrected chi connectivity index (χ2v) is 4.63. The van der Waals surface area contributed by atoms with Gasteiger partial charge in [0.2, 0.25) is 0 Å². The van der Waals surface area contributed by atoms with Crippen LogP contribution in [0.5, 0.6) is 0 Å². The van der Waals surface area contributed by atoms with Gasteiger partial charge in [-0.3, -0.25) is 4.79 Å². The lowest BCUT2D eigenvalue weighted by molar-refractivity contribution is -0.124. The van der Waals surface area contributed by atoms with Crippen molar-refractivity contribution in [3.8, 4) is 0 Å². The van der Waals surface area contributed by atoms with E-state index in [0.717, 1.165) is 6.42 Å². The molecule has 2 rings (SSSR count). The number of hydrogen-bond donors (Lipinski definition) is 1. The van der Waals surface area contributed by atoms with E-state index in [1.807, 2.05) is 0 Å². The van der Waals surface area contributed by atoms with Gasteiger partial charge in [0.25, 0.3) is 0 Å². The standard InChI is InChI=1S/C11H19NO2/c12-10-7-14-6-9(10)11(13)5-8-3-1-2-4-8/h8-10H,1-7,12H2. The smallest absolute Gasteiger partial charge is 0.140 e. The molecule has 2 unspecified atom stereocenters. The Morgan fingerprint density at radius 2 is 2.00 bits per heavy atom. The number of carbonyl (C=O) groups excluding carboxylic acids is 1. The molecule has 0 aromatic carbocycles. The van der Waals surface area contributed by atoms with Gasteiger partial charge in [-0.25, -0.2) is 0 Å². The molecular weight excluding hydrogens is 178 g/mol. The maximum atomic E-state index is 11.9. The van der Waals surface area contributed by atoms with Gasteiger partial charge in [0, 0.05) is 12.5 Å². The number of rotatable bonds is 3. The van der Waals surface area contributed by atoms with Gasteiger partial charge in [0.15, 0.2) is 0 Å². The molecule has 1 heterocycles. The average molecular weight is 197 g/mol. The topological polar surface area (TPSA) is 52.3 Å². The minimum Gasteiger partial charge on any atom is -0.379 e. The van der Waals surface area contributed by atoms with Crippen molar-refractivity contribution in [3.63, 3.8) is 0 Å². The normalized spacial score (nSPS) is 33.8. The Hall–Kier alpha value is -0.410. The number of ether oxygens (including phenoxy) is 1. The van der Waals surface area contributed by atoms with E-state index in [1.54, 1.807) is 0 Å². The summed E-state index contributed by atoms with van der Waals surface area (Å²) in [7, 11) is 0. The highest BCUT2D eigenvalue weighted by Crippen LogP contribution is 2.29. The lowest BCUT2D eigenvalue weighted by Gasteiger charge is -2.14. The third-order valence-corrected chi connectivity index (χ3v) is 3.50. The Morgan fingerprint density at radius 3 is 2.57 bits per heavy atom. The van der Waals surface area contributed by atoms with Gasteiger partial charge in [-0.1, -0.05) is 25.7 Å². The summed E-state index contributed by atoms with van der Waals surface area (Å²) in [5, 5.41) is 0. The van der Waals surface area contributed by atoms with Crippen molar-refractivity contribution in [2.24, 2.45) is 17.6 Å². The molecule has 2 fully saturated rings. The van der Waals surface area contributed by atoms with E-state index in [4.69, 9.17) is 10.5 Å². The van der Waals surface area contributed by atoms with E-state index in [9.17, 15) is 4.79 Å². The van der Waals surface area contributed by atoms with Crippen molar-refractivity contribution in [2.75, 3.05) is 13.2 Å². The number of hydrogen-bond acceptors (Lipinski definition) is 3. The largest absolute Gasteiger partial charge is 0.379 e. The predicted octanol–water partition coefficient (Wildman–Crippen LogP) is 1.11. The third-order valence-electron chi connectivity index (χ3n) is 3.50. The maximum absolute atomic E-state index is 11.9. The second kappa shape index (κ2) is 4.41. The Bertz CT molecular complexity index is 211. The van der Waals surface area contributed by atoms with E-state index in [2.05, 4.69) is 0 Å². The van der Waals surface area contributed by atoms with E-state index in [0.29, 0.717) is 24.9 Å². The van der Waals surface area contributed by atoms with E-state index in [-0.39, 0.29) is 12.0 Å². The zero-order valence-electron chi connectivity index (χ0n) is 8.58. The number of nitrogens with two attached hydrogens (primary N) is 1. The molecule has 14 heavy (non-hydrogen) atoms. The summed E-state index contributed by atoms with van der Waals surface area (Å²) >= 11 is 0. The van der Waals surface area contributed by atoms with E-state index in [1.165, 1.54) is 25.7 Å². The molecule has 0 aromatic heterocycles. The first-order valence-electron chi connectivity index (χ1n) is 5.63. The molecule has 0 radical (unpaired) electrons. The minimum absolute atomic E-state index is 0.0180. The van der Waals surface area contributed by atoms with Crippen LogP contribution in [-0.4, -0.2) is 25.0 Å². The SMILES string of the molecule is NC1COCC1C(=O)CC1CCCC1. The van der Waals surface area contributed by atoms with Crippen LogP contribution in [0, 0.1) is 11.8 Å². The molecule has 2 aliphatic rings. The first-order valence-corrected chi connectivity index (χ1v) is 5.63. The molecule has 0 bridgehead atoms. The van der Waals surface area contributed by atoms with Crippen LogP contribution < -0.4 is 5.73 Å². The zero-order valence-corrected chi connectivity index (χ0v) is 8.58. The summed E-state index contributed by atoms with van der Waals surface area (Å²) in [6, 6.07) is -0.0519. The van der Waals surface area contributed by atoms with Crippen molar-refractivity contribution < 1.29 is 9.53 Å². The van der Waals surface area contributed by atoms with Crippen molar-refractivity contribution in [1.82, 2.24) is 0 Å². The molecule has 2 atom stereocenters. The van der Waals surface area contributed by atoms with E-state index >= 15 is 0 Å². The predicted molar refractivity (Wildman–Crippen MR) is 53.9 cm³/mol. The fourth-order valence-corrected chi connectivity index (χ4v) is 2.55. The average Bonchev–Trinajstić information content (AvgIpc) is 2.75. The molecule has 0 amide bonds. The Labute approximate surface area is 85.0 Å². The highest BCUT2D eigenvalue weighted by molar-refractivity contribution is 5.82. The highest BCUT2D eigenvalue weighted by atomic mass is 16.5. The molecule has 3 nitrogen and oxygen atoms in total. The maximum Gasteiger partial charge on any atom is 0.140 e. The summed E-state index contributed by atoms with van der Waals surface area (Å²) in [6.45, 7) is 1.10. The van der Waals surface area contributed by atoms with Gasteiger partial charge in [-0.15, -0.1) is 0 Å². The van der Waals surface area contributed by atoms with Crippen LogP contribution in [0.3, 0.4) is 0 Å². The fraction of sp³-hybridized carbons (Fsp3) is 0.909. The third kappa shape index (κ3) is 2.15. The molecule has 1 aliphatic heterocycles. The van der Waals surface area contributed by atoms with Crippen molar-refractivity contribution in [2.45, 2.75) is 38.1 Å². The van der Waals surface area contributed by atoms with Crippen LogP contribution in [0.1, 0.15) is 32.1 Å². The lowest BCUT2D eigenvalue weighted by Crippen LogP contribution is -2.34. The molecule has 0 spiro atoms. The second-order valence-electron chi connectivity index (χ2n) is 4.63. The van der Waals surface area contributed by atoms with E-state index < -0.39 is 0 Å². The van der Waals surface area contributed by atoms with Crippen LogP contribution >= 0.6 is 0 Å². The van der Waals surface area contributed by atoms with Crippen LogP contribution in [0.25, 0.3) is 0 Å². The zero-order chi connectivity index (χ0) is 9.97. The summed E-state index contributed by atoms with van der Waals surface area (Å²) in [6.07, 6.45) is 5.79. The Morgan fingerprint density at radius 1 is 1.29 bits per heavy atom. The monoisotopic (exact) mass is 197 g/mol. The molecular formula is C11H19NO2. The molecule has 0 aromatic rings. The van der Waals surface area contributed by atoms with Gasteiger partial charge in [0.1, 0.15) is 5.78 Å². The van der Waals surface area contributed by atoms with Crippen LogP contribution in [0.15, 0.2) is 0 Å². The van der Waals surface area contributed by atoms with Crippen LogP contribution in [0.2, 0.25) is 0 Å². The first kappa shape index (κ1) is 10.1. The molecule has 2 N–H and O–H groups in total. The Balaban J connectivity index is 1.82. The van der Waals surface area contributed by atoms with Crippen LogP contribution in [0.4, 0.5) is 0 Å². The first-order chi connectivity index (χ1) is 6.77. The molecule has 1 saturated carbocycles. The highest BCUT2D eigenvalue weighted by Gasteiger charge is 2.32. The quantitative estimate of drug-likeness (QED) is 0.737. The summed E-state index contributed by atoms with van der Waals surface area (Å²) in [4.78, 5) is 11.9. The van der Waals surface area contributed by atoms with Crippen molar-refractivity contribution in [3.05, 3.63) is 0 Å². The van der Waals surface area contributed by atoms with Crippen molar-refractivity contribution >= 4 is 5.78 Å². The molecule has 1 saturated heterocycles. The fourth-order valence-electron chi connectivity index (χ4n) is 2.55. The van der Waals surface area contributed by atoms with Gasteiger partial charge < -0.3 is 10.5 Å². The summed E-state index contributed by atoms with van der Waals surface area (Å²) in [5.41, 5.74) is 5.81. The van der Waals surface area contributed by atoms with Crippen LogP contribution in [-0.2, 0) is 9.53 Å². The van der Waals surface area contributed by atoms with Gasteiger partial charge in [0.05, 0.1) is 19.1 Å². The molecule has 3 heteroatoms. The summed E-state index contributed by atoms with van der Waals surface area (Å²) < 4.78 is 5.21. The lowest BCUT2D eigenvalue weighted by atomic mass is 9.91. The number of ketones is 1. The van der Waals surface area contributed by atoms with Crippen molar-refractivity contribution in [1.29, 1.82) is 0 Å².